The lowest BCUT2D eigenvalue weighted by atomic mass is 9.95. The van der Waals surface area contributed by atoms with Crippen LogP contribution in [0.1, 0.15) is 6.42 Å². The molecule has 0 saturated carbocycles. The quantitative estimate of drug-likeness (QED) is 0.571. The molecule has 0 aromatic heterocycles. The molecule has 5 nitrogen and oxygen atoms in total. The van der Waals surface area contributed by atoms with Gasteiger partial charge in [0.1, 0.15) is 6.04 Å². The zero-order chi connectivity index (χ0) is 9.42. The van der Waals surface area contributed by atoms with E-state index < -0.39 is 12.0 Å². The molecule has 72 valence electrons. The van der Waals surface area contributed by atoms with Crippen LogP contribution in [0.4, 0.5) is 0 Å². The van der Waals surface area contributed by atoms with Crippen molar-refractivity contribution in [2.45, 2.75) is 12.5 Å². The fraction of sp³-hybridized carbons (Fsp3) is 0.750. The molecular weight excluding hydrogens is 172 g/mol. The average molecular weight is 184 g/mol. The second-order valence-electron chi connectivity index (χ2n) is 3.53. The Morgan fingerprint density at radius 1 is 1.38 bits per heavy atom. The fourth-order valence-electron chi connectivity index (χ4n) is 1.61. The van der Waals surface area contributed by atoms with Crippen molar-refractivity contribution in [3.05, 3.63) is 0 Å². The Morgan fingerprint density at radius 3 is 2.38 bits per heavy atom. The Kier molecular flexibility index (Phi) is 1.95. The van der Waals surface area contributed by atoms with E-state index >= 15 is 0 Å². The molecule has 2 heterocycles. The molecule has 2 fully saturated rings. The molecule has 0 aliphatic carbocycles. The second-order valence-corrected chi connectivity index (χ2v) is 3.53. The molecule has 1 amide bonds. The zero-order valence-corrected chi connectivity index (χ0v) is 7.19. The van der Waals surface area contributed by atoms with Gasteiger partial charge in [-0.1, -0.05) is 0 Å². The first-order chi connectivity index (χ1) is 6.20. The monoisotopic (exact) mass is 184 g/mol. The molecule has 5 heteroatoms. The van der Waals surface area contributed by atoms with Crippen molar-refractivity contribution in [3.8, 4) is 0 Å². The van der Waals surface area contributed by atoms with Crippen LogP contribution in [0.5, 0.6) is 0 Å². The summed E-state index contributed by atoms with van der Waals surface area (Å²) in [5, 5.41) is 11.7. The highest BCUT2D eigenvalue weighted by atomic mass is 16.4. The number of hydrogen-bond acceptors (Lipinski definition) is 3. The summed E-state index contributed by atoms with van der Waals surface area (Å²) in [4.78, 5) is 23.6. The molecule has 13 heavy (non-hydrogen) atoms. The first-order valence-electron chi connectivity index (χ1n) is 4.44. The lowest BCUT2D eigenvalue weighted by Gasteiger charge is -2.42. The van der Waals surface area contributed by atoms with Crippen molar-refractivity contribution in [2.24, 2.45) is 5.92 Å². The number of amides is 1. The number of hydrogen-bond donors (Lipinski definition) is 2. The van der Waals surface area contributed by atoms with Crippen molar-refractivity contribution >= 4 is 11.9 Å². The lowest BCUT2D eigenvalue weighted by molar-refractivity contribution is -0.160. The Hall–Kier alpha value is -1.10. The number of likely N-dealkylation sites (tertiary alicyclic amines) is 1. The van der Waals surface area contributed by atoms with E-state index in [1.807, 2.05) is 0 Å². The molecule has 2 N–H and O–H groups in total. The highest BCUT2D eigenvalue weighted by Crippen LogP contribution is 2.21. The van der Waals surface area contributed by atoms with Gasteiger partial charge in [-0.2, -0.15) is 0 Å². The molecule has 0 spiro atoms. The standard InChI is InChI=1S/C8H12N2O3/c11-7(5-3-9-4-5)10-2-1-6(10)8(12)13/h5-6,9H,1-4H2,(H,12,13). The van der Waals surface area contributed by atoms with Gasteiger partial charge in [0.15, 0.2) is 0 Å². The molecule has 2 aliphatic heterocycles. The van der Waals surface area contributed by atoms with Gasteiger partial charge in [0.2, 0.25) is 5.91 Å². The van der Waals surface area contributed by atoms with E-state index in [-0.39, 0.29) is 11.8 Å². The van der Waals surface area contributed by atoms with Gasteiger partial charge < -0.3 is 15.3 Å². The minimum absolute atomic E-state index is 0.00241. The maximum atomic E-state index is 11.5. The molecule has 2 saturated heterocycles. The number of nitrogens with zero attached hydrogens (tertiary/aromatic N) is 1. The lowest BCUT2D eigenvalue weighted by Crippen LogP contribution is -2.61. The molecule has 2 rings (SSSR count). The van der Waals surface area contributed by atoms with Gasteiger partial charge in [-0.25, -0.2) is 4.79 Å². The first-order valence-corrected chi connectivity index (χ1v) is 4.44. The third-order valence-corrected chi connectivity index (χ3v) is 2.72. The number of carboxylic acid groups (broad SMARTS) is 1. The van der Waals surface area contributed by atoms with Gasteiger partial charge in [0, 0.05) is 19.6 Å². The van der Waals surface area contributed by atoms with Gasteiger partial charge in [0.05, 0.1) is 5.92 Å². The molecule has 0 radical (unpaired) electrons. The minimum atomic E-state index is -0.883. The summed E-state index contributed by atoms with van der Waals surface area (Å²) in [5.41, 5.74) is 0. The predicted molar refractivity (Wildman–Crippen MR) is 44.1 cm³/mol. The Bertz CT molecular complexity index is 250. The van der Waals surface area contributed by atoms with Crippen LogP contribution in [0.3, 0.4) is 0 Å². The SMILES string of the molecule is O=C(O)C1CCN1C(=O)C1CNC1. The Labute approximate surface area is 75.7 Å². The maximum absolute atomic E-state index is 11.5. The van der Waals surface area contributed by atoms with Gasteiger partial charge in [-0.3, -0.25) is 4.79 Å². The van der Waals surface area contributed by atoms with Crippen LogP contribution in [0.25, 0.3) is 0 Å². The Morgan fingerprint density at radius 2 is 2.08 bits per heavy atom. The summed E-state index contributed by atoms with van der Waals surface area (Å²) >= 11 is 0. The Balaban J connectivity index is 1.93. The van der Waals surface area contributed by atoms with Crippen LogP contribution >= 0.6 is 0 Å². The molecule has 0 bridgehead atoms. The summed E-state index contributed by atoms with van der Waals surface area (Å²) in [6.07, 6.45) is 0.598. The van der Waals surface area contributed by atoms with Crippen LogP contribution in [-0.2, 0) is 9.59 Å². The number of aliphatic carboxylic acids is 1. The molecule has 1 unspecified atom stereocenters. The van der Waals surface area contributed by atoms with Gasteiger partial charge in [-0.15, -0.1) is 0 Å². The highest BCUT2D eigenvalue weighted by Gasteiger charge is 2.41. The van der Waals surface area contributed by atoms with Crippen LogP contribution in [0.2, 0.25) is 0 Å². The average Bonchev–Trinajstić information content (AvgIpc) is 1.76. The third kappa shape index (κ3) is 1.29. The normalized spacial score (nSPS) is 27.7. The van der Waals surface area contributed by atoms with E-state index in [0.29, 0.717) is 26.1 Å². The van der Waals surface area contributed by atoms with Crippen LogP contribution in [0, 0.1) is 5.92 Å². The summed E-state index contributed by atoms with van der Waals surface area (Å²) < 4.78 is 0. The summed E-state index contributed by atoms with van der Waals surface area (Å²) in [7, 11) is 0. The fourth-order valence-corrected chi connectivity index (χ4v) is 1.61. The van der Waals surface area contributed by atoms with Crippen molar-refractivity contribution in [1.82, 2.24) is 10.2 Å². The largest absolute Gasteiger partial charge is 0.480 e. The number of nitrogens with one attached hydrogen (secondary N) is 1. The van der Waals surface area contributed by atoms with Crippen LogP contribution < -0.4 is 5.32 Å². The van der Waals surface area contributed by atoms with Crippen molar-refractivity contribution in [3.63, 3.8) is 0 Å². The van der Waals surface area contributed by atoms with E-state index in [9.17, 15) is 9.59 Å². The van der Waals surface area contributed by atoms with E-state index in [0.717, 1.165) is 0 Å². The topological polar surface area (TPSA) is 69.6 Å². The van der Waals surface area contributed by atoms with Crippen molar-refractivity contribution in [1.29, 1.82) is 0 Å². The highest BCUT2D eigenvalue weighted by molar-refractivity contribution is 5.87. The number of carbonyl (C=O) groups is 2. The van der Waals surface area contributed by atoms with Gasteiger partial charge >= 0.3 is 5.97 Å². The summed E-state index contributed by atoms with van der Waals surface area (Å²) in [6.45, 7) is 2.00. The number of carboxylic acids is 1. The molecule has 2 aliphatic rings. The van der Waals surface area contributed by atoms with Gasteiger partial charge in [0.25, 0.3) is 0 Å². The predicted octanol–water partition coefficient (Wildman–Crippen LogP) is -1.11. The smallest absolute Gasteiger partial charge is 0.326 e. The van der Waals surface area contributed by atoms with E-state index in [4.69, 9.17) is 5.11 Å². The molecule has 1 atom stereocenters. The molecule has 0 aromatic rings. The first kappa shape index (κ1) is 8.50. The maximum Gasteiger partial charge on any atom is 0.326 e. The summed E-state index contributed by atoms with van der Waals surface area (Å²) in [6, 6.07) is -0.562. The zero-order valence-electron chi connectivity index (χ0n) is 7.19. The number of rotatable bonds is 2. The van der Waals surface area contributed by atoms with Crippen molar-refractivity contribution < 1.29 is 14.7 Å². The van der Waals surface area contributed by atoms with Crippen molar-refractivity contribution in [2.75, 3.05) is 19.6 Å². The van der Waals surface area contributed by atoms with Crippen LogP contribution in [0.15, 0.2) is 0 Å². The summed E-state index contributed by atoms with van der Waals surface area (Å²) in [5.74, 6) is -0.869. The minimum Gasteiger partial charge on any atom is -0.480 e. The van der Waals surface area contributed by atoms with Crippen LogP contribution in [-0.4, -0.2) is 47.6 Å². The third-order valence-electron chi connectivity index (χ3n) is 2.72. The second kappa shape index (κ2) is 2.99. The molecular formula is C8H12N2O3. The van der Waals surface area contributed by atoms with Gasteiger partial charge in [-0.05, 0) is 6.42 Å². The van der Waals surface area contributed by atoms with E-state index in [1.165, 1.54) is 4.90 Å². The van der Waals surface area contributed by atoms with E-state index in [1.54, 1.807) is 0 Å². The van der Waals surface area contributed by atoms with E-state index in [2.05, 4.69) is 5.32 Å². The molecule has 0 aromatic carbocycles. The number of carbonyl (C=O) groups excluding carboxylic acids is 1.